The van der Waals surface area contributed by atoms with Crippen molar-refractivity contribution in [3.05, 3.63) is 27.5 Å². The number of H-pyrrole nitrogens is 1. The lowest BCUT2D eigenvalue weighted by atomic mass is 10.4. The molecule has 66 valence electrons. The minimum atomic E-state index is -0.611. The fraction of sp³-hybridized carbons (Fsp3) is 0. The number of aromatic nitrogens is 4. The summed E-state index contributed by atoms with van der Waals surface area (Å²) in [5.41, 5.74) is 0.438. The van der Waals surface area contributed by atoms with Gasteiger partial charge in [-0.2, -0.15) is 0 Å². The Morgan fingerprint density at radius 1 is 1.54 bits per heavy atom. The number of hydrogen-bond donors (Lipinski definition) is 1. The van der Waals surface area contributed by atoms with Crippen LogP contribution in [0.2, 0.25) is 0 Å². The molecule has 0 unspecified atom stereocenters. The van der Waals surface area contributed by atoms with Gasteiger partial charge in [0.05, 0.1) is 4.47 Å². The summed E-state index contributed by atoms with van der Waals surface area (Å²) >= 11 is 3.20. The van der Waals surface area contributed by atoms with E-state index in [4.69, 9.17) is 4.42 Å². The lowest BCUT2D eigenvalue weighted by Crippen LogP contribution is -1.93. The zero-order chi connectivity index (χ0) is 9.26. The number of aromatic amines is 1. The second-order valence-corrected chi connectivity index (χ2v) is 2.99. The normalized spacial score (nSPS) is 10.2. The van der Waals surface area contributed by atoms with E-state index in [1.165, 1.54) is 12.5 Å². The zero-order valence-electron chi connectivity index (χ0n) is 6.19. The molecule has 7 heteroatoms. The fourth-order valence-corrected chi connectivity index (χ4v) is 1.19. The highest BCUT2D eigenvalue weighted by Crippen LogP contribution is 2.21. The van der Waals surface area contributed by atoms with E-state index in [-0.39, 0.29) is 5.89 Å². The molecular weight excluding hydrogens is 240 g/mol. The van der Waals surface area contributed by atoms with Crippen LogP contribution >= 0.6 is 15.9 Å². The molecule has 0 aliphatic heterocycles. The predicted molar refractivity (Wildman–Crippen MR) is 45.8 cm³/mol. The van der Waals surface area contributed by atoms with Crippen LogP contribution in [0.15, 0.2) is 26.2 Å². The maximum atomic E-state index is 10.6. The van der Waals surface area contributed by atoms with Crippen LogP contribution < -0.4 is 5.76 Å². The van der Waals surface area contributed by atoms with E-state index in [0.29, 0.717) is 10.2 Å². The molecule has 0 atom stereocenters. The van der Waals surface area contributed by atoms with Crippen molar-refractivity contribution < 1.29 is 4.42 Å². The molecule has 2 aromatic rings. The number of hydrogen-bond acceptors (Lipinski definition) is 5. The first-order valence-corrected chi connectivity index (χ1v) is 4.08. The molecule has 2 aromatic heterocycles. The van der Waals surface area contributed by atoms with Crippen molar-refractivity contribution in [3.63, 3.8) is 0 Å². The van der Waals surface area contributed by atoms with Crippen molar-refractivity contribution >= 4 is 15.9 Å². The third kappa shape index (κ3) is 1.50. The van der Waals surface area contributed by atoms with E-state index in [9.17, 15) is 4.79 Å². The van der Waals surface area contributed by atoms with Crippen molar-refractivity contribution in [1.29, 1.82) is 0 Å². The first kappa shape index (κ1) is 8.11. The highest BCUT2D eigenvalue weighted by atomic mass is 79.9. The Morgan fingerprint density at radius 3 is 3.00 bits per heavy atom. The number of halogens is 1. The van der Waals surface area contributed by atoms with E-state index in [1.807, 2.05) is 0 Å². The molecule has 2 rings (SSSR count). The first-order valence-electron chi connectivity index (χ1n) is 3.29. The van der Waals surface area contributed by atoms with Crippen molar-refractivity contribution in [2.24, 2.45) is 0 Å². The van der Waals surface area contributed by atoms with Gasteiger partial charge < -0.3 is 4.42 Å². The average Bonchev–Trinajstić information content (AvgIpc) is 2.53. The van der Waals surface area contributed by atoms with Gasteiger partial charge in [0.25, 0.3) is 5.89 Å². The minimum absolute atomic E-state index is 0.138. The Hall–Kier alpha value is -1.50. The summed E-state index contributed by atoms with van der Waals surface area (Å²) in [5.74, 6) is -0.472. The predicted octanol–water partition coefficient (Wildman–Crippen LogP) is 0.582. The van der Waals surface area contributed by atoms with E-state index in [1.54, 1.807) is 0 Å². The van der Waals surface area contributed by atoms with Crippen LogP contribution in [0.25, 0.3) is 11.6 Å². The summed E-state index contributed by atoms with van der Waals surface area (Å²) in [6.45, 7) is 0. The van der Waals surface area contributed by atoms with Gasteiger partial charge in [0.15, 0.2) is 0 Å². The van der Waals surface area contributed by atoms with Crippen LogP contribution in [-0.2, 0) is 0 Å². The van der Waals surface area contributed by atoms with Gasteiger partial charge in [0.1, 0.15) is 12.0 Å². The number of rotatable bonds is 1. The Kier molecular flexibility index (Phi) is 1.93. The smallest absolute Gasteiger partial charge is 0.386 e. The van der Waals surface area contributed by atoms with E-state index in [2.05, 4.69) is 36.1 Å². The van der Waals surface area contributed by atoms with Gasteiger partial charge >= 0.3 is 5.76 Å². The molecule has 0 aromatic carbocycles. The summed E-state index contributed by atoms with van der Waals surface area (Å²) in [6, 6.07) is 0. The third-order valence-electron chi connectivity index (χ3n) is 1.31. The van der Waals surface area contributed by atoms with Crippen LogP contribution in [0, 0.1) is 0 Å². The molecule has 0 amide bonds. The summed E-state index contributed by atoms with van der Waals surface area (Å²) < 4.78 is 5.32. The molecule has 0 spiro atoms. The molecular formula is C6H3BrN4O2. The summed E-state index contributed by atoms with van der Waals surface area (Å²) in [4.78, 5) is 18.3. The van der Waals surface area contributed by atoms with Gasteiger partial charge in [-0.3, -0.25) is 0 Å². The first-order chi connectivity index (χ1) is 6.27. The van der Waals surface area contributed by atoms with Gasteiger partial charge in [-0.25, -0.2) is 19.9 Å². The van der Waals surface area contributed by atoms with Crippen molar-refractivity contribution in [1.82, 2.24) is 20.2 Å². The molecule has 0 radical (unpaired) electrons. The van der Waals surface area contributed by atoms with Gasteiger partial charge in [-0.1, -0.05) is 0 Å². The van der Waals surface area contributed by atoms with Crippen LogP contribution in [-0.4, -0.2) is 20.2 Å². The molecule has 13 heavy (non-hydrogen) atoms. The van der Waals surface area contributed by atoms with Crippen molar-refractivity contribution in [2.45, 2.75) is 0 Å². The molecule has 2 heterocycles. The van der Waals surface area contributed by atoms with Crippen molar-refractivity contribution in [2.75, 3.05) is 0 Å². The summed E-state index contributed by atoms with van der Waals surface area (Å²) in [7, 11) is 0. The topological polar surface area (TPSA) is 84.7 Å². The Balaban J connectivity index is 2.58. The molecule has 0 saturated heterocycles. The molecule has 0 aliphatic carbocycles. The molecule has 0 aliphatic rings. The molecule has 1 N–H and O–H groups in total. The van der Waals surface area contributed by atoms with E-state index < -0.39 is 5.76 Å². The maximum Gasteiger partial charge on any atom is 0.434 e. The number of nitrogens with zero attached hydrogens (tertiary/aromatic N) is 3. The molecule has 0 bridgehead atoms. The Bertz CT molecular complexity index is 477. The third-order valence-corrected chi connectivity index (χ3v) is 1.89. The summed E-state index contributed by atoms with van der Waals surface area (Å²) in [5, 5.41) is 5.76. The SMILES string of the molecule is O=c1[nH]nc(-c2ncncc2Br)o1. The lowest BCUT2D eigenvalue weighted by molar-refractivity contribution is 0.524. The van der Waals surface area contributed by atoms with Gasteiger partial charge in [-0.05, 0) is 15.9 Å². The zero-order valence-corrected chi connectivity index (χ0v) is 7.78. The van der Waals surface area contributed by atoms with Gasteiger partial charge in [-0.15, -0.1) is 5.10 Å². The maximum absolute atomic E-state index is 10.6. The van der Waals surface area contributed by atoms with Crippen molar-refractivity contribution in [3.8, 4) is 11.6 Å². The summed E-state index contributed by atoms with van der Waals surface area (Å²) in [6.07, 6.45) is 2.88. The molecule has 0 fully saturated rings. The van der Waals surface area contributed by atoms with Crippen LogP contribution in [0.3, 0.4) is 0 Å². The second-order valence-electron chi connectivity index (χ2n) is 2.14. The largest absolute Gasteiger partial charge is 0.434 e. The monoisotopic (exact) mass is 242 g/mol. The van der Waals surface area contributed by atoms with E-state index in [0.717, 1.165) is 0 Å². The Labute approximate surface area is 80.2 Å². The second kappa shape index (κ2) is 3.09. The lowest BCUT2D eigenvalue weighted by Gasteiger charge is -1.93. The van der Waals surface area contributed by atoms with Crippen LogP contribution in [0.5, 0.6) is 0 Å². The molecule has 6 nitrogen and oxygen atoms in total. The fourth-order valence-electron chi connectivity index (χ4n) is 0.801. The standard InChI is InChI=1S/C6H3BrN4O2/c7-3-1-8-2-9-4(3)5-10-11-6(12)13-5/h1-2H,(H,11,12). The minimum Gasteiger partial charge on any atom is -0.386 e. The van der Waals surface area contributed by atoms with Crippen LogP contribution in [0.1, 0.15) is 0 Å². The van der Waals surface area contributed by atoms with Crippen LogP contribution in [0.4, 0.5) is 0 Å². The van der Waals surface area contributed by atoms with Gasteiger partial charge in [0.2, 0.25) is 0 Å². The quantitative estimate of drug-likeness (QED) is 0.791. The highest BCUT2D eigenvalue weighted by molar-refractivity contribution is 9.10. The highest BCUT2D eigenvalue weighted by Gasteiger charge is 2.10. The Morgan fingerprint density at radius 2 is 2.38 bits per heavy atom. The van der Waals surface area contributed by atoms with Gasteiger partial charge in [0, 0.05) is 6.20 Å². The van der Waals surface area contributed by atoms with E-state index >= 15 is 0 Å². The number of nitrogens with one attached hydrogen (secondary N) is 1. The average molecular weight is 243 g/mol. The molecule has 0 saturated carbocycles.